The molecule has 248 valence electrons. The lowest BCUT2D eigenvalue weighted by Crippen LogP contribution is -2.54. The summed E-state index contributed by atoms with van der Waals surface area (Å²) in [4.78, 5) is 56.2. The predicted molar refractivity (Wildman–Crippen MR) is 166 cm³/mol. The summed E-state index contributed by atoms with van der Waals surface area (Å²) in [5.74, 6) is -1.84. The van der Waals surface area contributed by atoms with Crippen LogP contribution in [0.3, 0.4) is 0 Å². The molecule has 0 aromatic heterocycles. The van der Waals surface area contributed by atoms with Crippen LogP contribution in [0.25, 0.3) is 0 Å². The molecule has 2 aliphatic carbocycles. The first-order valence-electron chi connectivity index (χ1n) is 16.4. The minimum absolute atomic E-state index is 0.0117. The Morgan fingerprint density at radius 3 is 1.88 bits per heavy atom. The lowest BCUT2D eigenvalue weighted by atomic mass is 9.73. The van der Waals surface area contributed by atoms with Crippen molar-refractivity contribution in [3.8, 4) is 0 Å². The second-order valence-electron chi connectivity index (χ2n) is 13.5. The van der Waals surface area contributed by atoms with E-state index in [0.29, 0.717) is 51.6 Å². The molecule has 0 radical (unpaired) electrons. The number of rotatable bonds is 15. The molecule has 2 fully saturated rings. The maximum atomic E-state index is 13.9. The molecule has 5 unspecified atom stereocenters. The summed E-state index contributed by atoms with van der Waals surface area (Å²) in [6.07, 6.45) is 5.12. The van der Waals surface area contributed by atoms with Crippen molar-refractivity contribution in [1.82, 2.24) is 25.6 Å². The van der Waals surface area contributed by atoms with Crippen molar-refractivity contribution in [2.24, 2.45) is 29.6 Å². The molecule has 0 saturated heterocycles. The molecule has 0 spiro atoms. The van der Waals surface area contributed by atoms with E-state index in [9.17, 15) is 29.4 Å². The SMILES string of the molecule is CCCN(CCC)C(=O)C1CC(C(=O)NC(CC2CCC(O)CC2)C(O)CN(C)NC(=O)C(C)C)CC(C(=O)N(C)C)C1. The third-order valence-electron chi connectivity index (χ3n) is 9.00. The van der Waals surface area contributed by atoms with Gasteiger partial charge in [-0.1, -0.05) is 27.7 Å². The highest BCUT2D eigenvalue weighted by Crippen LogP contribution is 2.36. The summed E-state index contributed by atoms with van der Waals surface area (Å²) in [5.41, 5.74) is 2.77. The molecule has 4 amide bonds. The van der Waals surface area contributed by atoms with Crippen LogP contribution in [-0.2, 0) is 19.2 Å². The van der Waals surface area contributed by atoms with Gasteiger partial charge in [0.15, 0.2) is 0 Å². The van der Waals surface area contributed by atoms with Crippen LogP contribution in [0.2, 0.25) is 0 Å². The van der Waals surface area contributed by atoms with E-state index in [1.165, 1.54) is 4.90 Å². The molecule has 2 rings (SSSR count). The number of likely N-dealkylation sites (N-methyl/N-ethyl adjacent to an activating group) is 1. The van der Waals surface area contributed by atoms with Gasteiger partial charge in [0.2, 0.25) is 23.6 Å². The van der Waals surface area contributed by atoms with E-state index in [1.807, 2.05) is 18.7 Å². The molecular formula is C32H59N5O6. The molecule has 0 aromatic rings. The summed E-state index contributed by atoms with van der Waals surface area (Å²) < 4.78 is 0. The van der Waals surface area contributed by atoms with Crippen molar-refractivity contribution in [3.05, 3.63) is 0 Å². The number of amides is 4. The molecular weight excluding hydrogens is 550 g/mol. The van der Waals surface area contributed by atoms with Gasteiger partial charge in [-0.25, -0.2) is 5.01 Å². The number of hydrogen-bond donors (Lipinski definition) is 4. The first-order valence-corrected chi connectivity index (χ1v) is 16.4. The normalized spacial score (nSPS) is 25.6. The Hall–Kier alpha value is -2.24. The second kappa shape index (κ2) is 17.9. The minimum atomic E-state index is -0.960. The number of carbonyl (C=O) groups excluding carboxylic acids is 4. The molecule has 43 heavy (non-hydrogen) atoms. The maximum Gasteiger partial charge on any atom is 0.236 e. The third kappa shape index (κ3) is 11.6. The molecule has 2 aliphatic rings. The van der Waals surface area contributed by atoms with Crippen LogP contribution in [-0.4, -0.2) is 108 Å². The minimum Gasteiger partial charge on any atom is -0.393 e. The Balaban J connectivity index is 2.25. The zero-order chi connectivity index (χ0) is 32.3. The fourth-order valence-electron chi connectivity index (χ4n) is 6.55. The number of nitrogens with one attached hydrogen (secondary N) is 2. The Morgan fingerprint density at radius 2 is 1.37 bits per heavy atom. The second-order valence-corrected chi connectivity index (χ2v) is 13.5. The van der Waals surface area contributed by atoms with E-state index < -0.39 is 29.9 Å². The standard InChI is InChI=1S/C32H59N5O6/c1-8-14-37(15-9-2)32(43)25-18-23(17-24(19-25)31(42)35(5)6)30(41)33-27(16-22-10-12-26(38)13-11-22)28(39)20-36(7)34-29(40)21(3)4/h21-28,38-39H,8-20H2,1-7H3,(H,33,41)(H,34,40). The summed E-state index contributed by atoms with van der Waals surface area (Å²) in [5, 5.41) is 26.0. The molecule has 4 N–H and O–H groups in total. The first kappa shape index (κ1) is 36.9. The number of hydrazine groups is 1. The van der Waals surface area contributed by atoms with E-state index in [4.69, 9.17) is 0 Å². The Kier molecular flexibility index (Phi) is 15.4. The summed E-state index contributed by atoms with van der Waals surface area (Å²) in [7, 11) is 5.09. The molecule has 0 aliphatic heterocycles. The number of hydrogen-bond acceptors (Lipinski definition) is 7. The summed E-state index contributed by atoms with van der Waals surface area (Å²) in [6.45, 7) is 9.08. The molecule has 2 saturated carbocycles. The third-order valence-corrected chi connectivity index (χ3v) is 9.00. The Morgan fingerprint density at radius 1 is 0.837 bits per heavy atom. The molecule has 5 atom stereocenters. The van der Waals surface area contributed by atoms with Gasteiger partial charge >= 0.3 is 0 Å². The van der Waals surface area contributed by atoms with Gasteiger partial charge in [0.05, 0.1) is 18.2 Å². The average molecular weight is 610 g/mol. The van der Waals surface area contributed by atoms with Crippen LogP contribution in [0.1, 0.15) is 91.9 Å². The largest absolute Gasteiger partial charge is 0.393 e. The Bertz CT molecular complexity index is 901. The summed E-state index contributed by atoms with van der Waals surface area (Å²) in [6, 6.07) is -0.582. The van der Waals surface area contributed by atoms with E-state index in [1.54, 1.807) is 40.0 Å². The monoisotopic (exact) mass is 609 g/mol. The summed E-state index contributed by atoms with van der Waals surface area (Å²) >= 11 is 0. The topological polar surface area (TPSA) is 143 Å². The van der Waals surface area contributed by atoms with Crippen molar-refractivity contribution in [3.63, 3.8) is 0 Å². The van der Waals surface area contributed by atoms with Crippen molar-refractivity contribution in [2.75, 3.05) is 40.8 Å². The Labute approximate surface area is 259 Å². The lowest BCUT2D eigenvalue weighted by molar-refractivity contribution is -0.143. The number of aliphatic hydroxyl groups excluding tert-OH is 2. The van der Waals surface area contributed by atoms with Gasteiger partial charge in [-0.2, -0.15) is 0 Å². The lowest BCUT2D eigenvalue weighted by Gasteiger charge is -2.38. The molecule has 0 heterocycles. The van der Waals surface area contributed by atoms with Crippen LogP contribution >= 0.6 is 0 Å². The molecule has 0 bridgehead atoms. The van der Waals surface area contributed by atoms with Gasteiger partial charge in [0, 0.05) is 64.4 Å². The van der Waals surface area contributed by atoms with Crippen LogP contribution < -0.4 is 10.7 Å². The van der Waals surface area contributed by atoms with Gasteiger partial charge in [-0.05, 0) is 70.1 Å². The van der Waals surface area contributed by atoms with Crippen LogP contribution in [0.4, 0.5) is 0 Å². The highest BCUT2D eigenvalue weighted by Gasteiger charge is 2.41. The van der Waals surface area contributed by atoms with E-state index >= 15 is 0 Å². The van der Waals surface area contributed by atoms with Gasteiger partial charge in [0.1, 0.15) is 0 Å². The smallest absolute Gasteiger partial charge is 0.236 e. The van der Waals surface area contributed by atoms with Gasteiger partial charge < -0.3 is 25.3 Å². The highest BCUT2D eigenvalue weighted by molar-refractivity contribution is 5.86. The van der Waals surface area contributed by atoms with Crippen molar-refractivity contribution in [2.45, 2.75) is 110 Å². The van der Waals surface area contributed by atoms with Crippen LogP contribution in [0.15, 0.2) is 0 Å². The van der Waals surface area contributed by atoms with Gasteiger partial charge in [-0.3, -0.25) is 24.6 Å². The predicted octanol–water partition coefficient (Wildman–Crippen LogP) is 2.16. The van der Waals surface area contributed by atoms with Crippen LogP contribution in [0.5, 0.6) is 0 Å². The van der Waals surface area contributed by atoms with Crippen molar-refractivity contribution < 1.29 is 29.4 Å². The van der Waals surface area contributed by atoms with E-state index in [2.05, 4.69) is 10.7 Å². The zero-order valence-electron chi connectivity index (χ0n) is 27.7. The van der Waals surface area contributed by atoms with E-state index in [0.717, 1.165) is 25.7 Å². The average Bonchev–Trinajstić information content (AvgIpc) is 2.96. The molecule has 0 aromatic carbocycles. The number of nitrogens with zero attached hydrogens (tertiary/aromatic N) is 3. The number of aliphatic hydroxyl groups is 2. The maximum absolute atomic E-state index is 13.9. The van der Waals surface area contributed by atoms with Crippen molar-refractivity contribution >= 4 is 23.6 Å². The first-order chi connectivity index (χ1) is 20.3. The van der Waals surface area contributed by atoms with Gasteiger partial charge in [0.25, 0.3) is 0 Å². The van der Waals surface area contributed by atoms with Crippen molar-refractivity contribution in [1.29, 1.82) is 0 Å². The van der Waals surface area contributed by atoms with E-state index in [-0.39, 0.29) is 48.1 Å². The van der Waals surface area contributed by atoms with Crippen LogP contribution in [0, 0.1) is 29.6 Å². The van der Waals surface area contributed by atoms with Gasteiger partial charge in [-0.15, -0.1) is 0 Å². The fraction of sp³-hybridized carbons (Fsp3) is 0.875. The molecule has 11 heteroatoms. The highest BCUT2D eigenvalue weighted by atomic mass is 16.3. The quantitative estimate of drug-likeness (QED) is 0.209. The number of carbonyl (C=O) groups is 4. The molecule has 11 nitrogen and oxygen atoms in total. The fourth-order valence-corrected chi connectivity index (χ4v) is 6.55. The zero-order valence-corrected chi connectivity index (χ0v) is 27.7.